The molecule has 2 heterocycles. The van der Waals surface area contributed by atoms with E-state index in [1.807, 2.05) is 23.9 Å². The van der Waals surface area contributed by atoms with Gasteiger partial charge in [0.2, 0.25) is 0 Å². The van der Waals surface area contributed by atoms with Crippen molar-refractivity contribution in [3.8, 4) is 11.3 Å². The number of aromatic carboxylic acids is 1. The minimum atomic E-state index is -1.09. The van der Waals surface area contributed by atoms with E-state index in [0.29, 0.717) is 36.0 Å². The number of aromatic nitrogens is 1. The molecule has 8 heteroatoms. The van der Waals surface area contributed by atoms with Gasteiger partial charge in [0, 0.05) is 35.6 Å². The number of aliphatic hydroxyl groups excluding tert-OH is 1. The third kappa shape index (κ3) is 4.10. The molecule has 2 N–H and O–H groups in total. The maximum absolute atomic E-state index is 12.0. The van der Waals surface area contributed by atoms with Gasteiger partial charge >= 0.3 is 5.97 Å². The van der Waals surface area contributed by atoms with Crippen molar-refractivity contribution in [2.24, 2.45) is 5.41 Å². The Balaban J connectivity index is 1.97. The van der Waals surface area contributed by atoms with Crippen molar-refractivity contribution in [1.82, 2.24) is 10.1 Å². The Morgan fingerprint density at radius 1 is 1.37 bits per heavy atom. The van der Waals surface area contributed by atoms with Crippen molar-refractivity contribution in [1.29, 1.82) is 0 Å². The van der Waals surface area contributed by atoms with Crippen LogP contribution in [0, 0.1) is 5.41 Å². The average molecular weight is 394 g/mol. The monoisotopic (exact) mass is 393 g/mol. The van der Waals surface area contributed by atoms with Crippen LogP contribution in [0.15, 0.2) is 28.8 Å². The number of anilines is 1. The van der Waals surface area contributed by atoms with E-state index in [1.54, 1.807) is 24.3 Å². The highest BCUT2D eigenvalue weighted by Gasteiger charge is 2.38. The van der Waals surface area contributed by atoms with Gasteiger partial charge in [0.1, 0.15) is 0 Å². The molecule has 0 saturated carbocycles. The van der Waals surface area contributed by atoms with E-state index in [-0.39, 0.29) is 23.3 Å². The Morgan fingerprint density at radius 2 is 2.07 bits per heavy atom. The van der Waals surface area contributed by atoms with Crippen molar-refractivity contribution in [3.63, 3.8) is 0 Å². The summed E-state index contributed by atoms with van der Waals surface area (Å²) in [7, 11) is 3.93. The van der Waals surface area contributed by atoms with Crippen LogP contribution in [-0.4, -0.2) is 66.6 Å². The standard InChI is InChI=1S/C19H24ClN3O4/c1-22(2)10-19(12-24)8-3-9-23(11-19)17-15(18(25)26)16(27-21-17)13-4-6-14(20)7-5-13/h4-7,24H,3,8-12H2,1-2H3,(H,25,26). The first-order chi connectivity index (χ1) is 12.8. The zero-order chi connectivity index (χ0) is 19.6. The summed E-state index contributed by atoms with van der Waals surface area (Å²) >= 11 is 5.92. The van der Waals surface area contributed by atoms with E-state index in [1.165, 1.54) is 0 Å². The summed E-state index contributed by atoms with van der Waals surface area (Å²) in [6.07, 6.45) is 1.72. The summed E-state index contributed by atoms with van der Waals surface area (Å²) in [5.74, 6) is -0.574. The summed E-state index contributed by atoms with van der Waals surface area (Å²) in [6.45, 7) is 1.94. The van der Waals surface area contributed by atoms with E-state index in [0.717, 1.165) is 12.8 Å². The molecule has 2 aromatic rings. The Morgan fingerprint density at radius 3 is 2.67 bits per heavy atom. The molecule has 1 fully saturated rings. The number of benzene rings is 1. The van der Waals surface area contributed by atoms with E-state index in [9.17, 15) is 15.0 Å². The maximum Gasteiger partial charge on any atom is 0.343 e. The van der Waals surface area contributed by atoms with Crippen molar-refractivity contribution < 1.29 is 19.5 Å². The smallest absolute Gasteiger partial charge is 0.343 e. The van der Waals surface area contributed by atoms with Crippen molar-refractivity contribution in [3.05, 3.63) is 34.9 Å². The molecule has 1 aliphatic rings. The number of piperidine rings is 1. The molecule has 3 rings (SSSR count). The summed E-state index contributed by atoms with van der Waals surface area (Å²) in [6, 6.07) is 6.78. The van der Waals surface area contributed by atoms with Crippen molar-refractivity contribution in [2.75, 3.05) is 45.2 Å². The number of hydrogen-bond donors (Lipinski definition) is 2. The predicted molar refractivity (Wildman–Crippen MR) is 103 cm³/mol. The van der Waals surface area contributed by atoms with E-state index in [4.69, 9.17) is 16.1 Å². The molecule has 0 amide bonds. The molecule has 1 aromatic carbocycles. The minimum absolute atomic E-state index is 0.0337. The lowest BCUT2D eigenvalue weighted by molar-refractivity contribution is 0.0692. The van der Waals surface area contributed by atoms with Crippen LogP contribution in [0.4, 0.5) is 5.82 Å². The fourth-order valence-corrected chi connectivity index (χ4v) is 3.98. The van der Waals surface area contributed by atoms with Crippen LogP contribution in [0.2, 0.25) is 5.02 Å². The van der Waals surface area contributed by atoms with Gasteiger partial charge in [-0.05, 0) is 51.2 Å². The Labute approximate surface area is 163 Å². The van der Waals surface area contributed by atoms with Gasteiger partial charge in [0.05, 0.1) is 6.61 Å². The largest absolute Gasteiger partial charge is 0.477 e. The third-order valence-corrected chi connectivity index (χ3v) is 5.19. The second kappa shape index (κ2) is 7.88. The lowest BCUT2D eigenvalue weighted by Crippen LogP contribution is -2.50. The van der Waals surface area contributed by atoms with Crippen LogP contribution >= 0.6 is 11.6 Å². The molecule has 7 nitrogen and oxygen atoms in total. The van der Waals surface area contributed by atoms with Crippen LogP contribution in [0.25, 0.3) is 11.3 Å². The first kappa shape index (κ1) is 19.7. The normalized spacial score (nSPS) is 20.3. The highest BCUT2D eigenvalue weighted by atomic mass is 35.5. The van der Waals surface area contributed by atoms with Gasteiger partial charge in [0.15, 0.2) is 17.1 Å². The molecular weight excluding hydrogens is 370 g/mol. The highest BCUT2D eigenvalue weighted by molar-refractivity contribution is 6.30. The molecule has 1 unspecified atom stereocenters. The molecule has 1 saturated heterocycles. The summed E-state index contributed by atoms with van der Waals surface area (Å²) in [4.78, 5) is 15.9. The van der Waals surface area contributed by atoms with Crippen LogP contribution in [0.1, 0.15) is 23.2 Å². The maximum atomic E-state index is 12.0. The molecule has 1 atom stereocenters. The van der Waals surface area contributed by atoms with Gasteiger partial charge in [0.25, 0.3) is 0 Å². The van der Waals surface area contributed by atoms with Crippen LogP contribution in [0.3, 0.4) is 0 Å². The minimum Gasteiger partial charge on any atom is -0.477 e. The number of halogens is 1. The Hall–Kier alpha value is -2.09. The van der Waals surface area contributed by atoms with Gasteiger partial charge in [-0.15, -0.1) is 0 Å². The molecule has 0 spiro atoms. The van der Waals surface area contributed by atoms with Gasteiger partial charge < -0.3 is 24.5 Å². The fraction of sp³-hybridized carbons (Fsp3) is 0.474. The molecule has 1 aliphatic heterocycles. The van der Waals surface area contributed by atoms with E-state index < -0.39 is 5.97 Å². The fourth-order valence-electron chi connectivity index (χ4n) is 3.86. The summed E-state index contributed by atoms with van der Waals surface area (Å²) < 4.78 is 5.43. The van der Waals surface area contributed by atoms with Crippen molar-refractivity contribution in [2.45, 2.75) is 12.8 Å². The third-order valence-electron chi connectivity index (χ3n) is 4.94. The highest BCUT2D eigenvalue weighted by Crippen LogP contribution is 2.37. The lowest BCUT2D eigenvalue weighted by atomic mass is 9.80. The summed E-state index contributed by atoms with van der Waals surface area (Å²) in [5.41, 5.74) is 0.321. The molecule has 1 aromatic heterocycles. The zero-order valence-electron chi connectivity index (χ0n) is 15.5. The van der Waals surface area contributed by atoms with E-state index >= 15 is 0 Å². The second-order valence-electron chi connectivity index (χ2n) is 7.44. The Kier molecular flexibility index (Phi) is 5.74. The van der Waals surface area contributed by atoms with Crippen LogP contribution < -0.4 is 4.90 Å². The number of carboxylic acids is 1. The van der Waals surface area contributed by atoms with Crippen LogP contribution in [-0.2, 0) is 0 Å². The average Bonchev–Trinajstić information content (AvgIpc) is 3.07. The van der Waals surface area contributed by atoms with E-state index in [2.05, 4.69) is 5.16 Å². The molecular formula is C19H24ClN3O4. The zero-order valence-corrected chi connectivity index (χ0v) is 16.2. The first-order valence-corrected chi connectivity index (χ1v) is 9.22. The first-order valence-electron chi connectivity index (χ1n) is 8.85. The second-order valence-corrected chi connectivity index (χ2v) is 7.88. The van der Waals surface area contributed by atoms with Gasteiger partial charge in [-0.2, -0.15) is 0 Å². The molecule has 0 bridgehead atoms. The quantitative estimate of drug-likeness (QED) is 0.779. The molecule has 27 heavy (non-hydrogen) atoms. The van der Waals surface area contributed by atoms with Crippen LogP contribution in [0.5, 0.6) is 0 Å². The number of rotatable bonds is 6. The molecule has 146 valence electrons. The molecule has 0 aliphatic carbocycles. The number of carboxylic acid groups (broad SMARTS) is 1. The number of aliphatic hydroxyl groups is 1. The Bertz CT molecular complexity index is 806. The lowest BCUT2D eigenvalue weighted by Gasteiger charge is -2.43. The topological polar surface area (TPSA) is 90.0 Å². The number of carbonyl (C=O) groups is 1. The van der Waals surface area contributed by atoms with Gasteiger partial charge in [-0.25, -0.2) is 4.79 Å². The predicted octanol–water partition coefficient (Wildman–Crippen LogP) is 2.83. The summed E-state index contributed by atoms with van der Waals surface area (Å²) in [5, 5.41) is 24.5. The van der Waals surface area contributed by atoms with Crippen molar-refractivity contribution >= 4 is 23.4 Å². The SMILES string of the molecule is CN(C)CC1(CO)CCCN(c2noc(-c3ccc(Cl)cc3)c2C(=O)O)C1. The number of hydrogen-bond acceptors (Lipinski definition) is 6. The number of nitrogens with zero attached hydrogens (tertiary/aromatic N) is 3. The molecule has 0 radical (unpaired) electrons. The van der Waals surface area contributed by atoms with Gasteiger partial charge in [-0.1, -0.05) is 16.8 Å². The van der Waals surface area contributed by atoms with Gasteiger partial charge in [-0.3, -0.25) is 0 Å².